The van der Waals surface area contributed by atoms with Crippen LogP contribution in [0.2, 0.25) is 5.02 Å². The average molecular weight is 421 g/mol. The predicted molar refractivity (Wildman–Crippen MR) is 118 cm³/mol. The van der Waals surface area contributed by atoms with E-state index in [9.17, 15) is 4.79 Å². The lowest BCUT2D eigenvalue weighted by Crippen LogP contribution is -2.22. The first-order chi connectivity index (χ1) is 14.5. The van der Waals surface area contributed by atoms with Gasteiger partial charge in [0, 0.05) is 16.3 Å². The van der Waals surface area contributed by atoms with Crippen molar-refractivity contribution in [3.8, 4) is 0 Å². The van der Waals surface area contributed by atoms with E-state index >= 15 is 0 Å². The molecule has 0 atom stereocenters. The molecule has 4 rings (SSSR count). The number of hydrogen-bond donors (Lipinski definition) is 1. The van der Waals surface area contributed by atoms with Crippen LogP contribution < -0.4 is 5.43 Å². The molecule has 2 aromatic heterocycles. The Balaban J connectivity index is 1.43. The highest BCUT2D eigenvalue weighted by atomic mass is 35.5. The van der Waals surface area contributed by atoms with Crippen molar-refractivity contribution in [3.05, 3.63) is 82.4 Å². The summed E-state index contributed by atoms with van der Waals surface area (Å²) in [6.07, 6.45) is 3.28. The van der Waals surface area contributed by atoms with Gasteiger partial charge in [-0.1, -0.05) is 41.9 Å². The van der Waals surface area contributed by atoms with Crippen molar-refractivity contribution in [1.29, 1.82) is 0 Å². The van der Waals surface area contributed by atoms with Gasteiger partial charge in [-0.15, -0.1) is 0 Å². The number of fused-ring (bicyclic) bond motifs is 1. The maximum Gasteiger partial charge on any atom is 0.260 e. The number of nitrogens with zero attached hydrogens (tertiary/aromatic N) is 5. The van der Waals surface area contributed by atoms with Gasteiger partial charge >= 0.3 is 0 Å². The van der Waals surface area contributed by atoms with Crippen molar-refractivity contribution < 1.29 is 4.79 Å². The van der Waals surface area contributed by atoms with Crippen LogP contribution in [-0.4, -0.2) is 31.5 Å². The summed E-state index contributed by atoms with van der Waals surface area (Å²) in [5.41, 5.74) is 7.99. The molecule has 0 bridgehead atoms. The lowest BCUT2D eigenvalue weighted by Gasteiger charge is -2.06. The van der Waals surface area contributed by atoms with E-state index in [1.807, 2.05) is 67.1 Å². The van der Waals surface area contributed by atoms with Crippen LogP contribution in [0.4, 0.5) is 0 Å². The molecule has 0 aliphatic heterocycles. The summed E-state index contributed by atoms with van der Waals surface area (Å²) >= 11 is 6.26. The van der Waals surface area contributed by atoms with Crippen LogP contribution in [0.15, 0.2) is 60.0 Å². The lowest BCUT2D eigenvalue weighted by atomic mass is 10.2. The van der Waals surface area contributed by atoms with Crippen molar-refractivity contribution in [2.45, 2.75) is 26.9 Å². The molecule has 0 saturated carbocycles. The number of aryl methyl sites for hydroxylation is 1. The second kappa shape index (κ2) is 8.51. The molecular formula is C22H21ClN6O. The molecule has 0 saturated heterocycles. The van der Waals surface area contributed by atoms with Gasteiger partial charge in [0.1, 0.15) is 6.54 Å². The van der Waals surface area contributed by atoms with Gasteiger partial charge in [0.25, 0.3) is 5.91 Å². The molecule has 4 aromatic rings. The van der Waals surface area contributed by atoms with Crippen LogP contribution in [0.3, 0.4) is 0 Å². The van der Waals surface area contributed by atoms with Crippen LogP contribution in [0, 0.1) is 13.8 Å². The first-order valence-corrected chi connectivity index (χ1v) is 9.90. The van der Waals surface area contributed by atoms with Gasteiger partial charge in [-0.3, -0.25) is 9.48 Å². The fraction of sp³-hybridized carbons (Fsp3) is 0.182. The van der Waals surface area contributed by atoms with Crippen molar-refractivity contribution in [2.24, 2.45) is 5.10 Å². The van der Waals surface area contributed by atoms with Gasteiger partial charge in [-0.2, -0.15) is 10.2 Å². The molecule has 2 aromatic carbocycles. The minimum absolute atomic E-state index is 0.140. The molecule has 0 unspecified atom stereocenters. The summed E-state index contributed by atoms with van der Waals surface area (Å²) in [7, 11) is 0. The summed E-state index contributed by atoms with van der Waals surface area (Å²) in [5, 5.41) is 9.41. The van der Waals surface area contributed by atoms with E-state index in [1.165, 1.54) is 0 Å². The minimum atomic E-state index is -0.229. The van der Waals surface area contributed by atoms with Crippen LogP contribution in [-0.2, 0) is 17.9 Å². The highest BCUT2D eigenvalue weighted by Crippen LogP contribution is 2.18. The zero-order valence-corrected chi connectivity index (χ0v) is 17.5. The quantitative estimate of drug-likeness (QED) is 0.381. The van der Waals surface area contributed by atoms with Crippen LogP contribution >= 0.6 is 11.6 Å². The van der Waals surface area contributed by atoms with Gasteiger partial charge in [0.05, 0.1) is 35.8 Å². The van der Waals surface area contributed by atoms with E-state index in [4.69, 9.17) is 11.6 Å². The first-order valence-electron chi connectivity index (χ1n) is 9.52. The maximum atomic E-state index is 12.3. The highest BCUT2D eigenvalue weighted by molar-refractivity contribution is 6.31. The number of hydrogen-bond acceptors (Lipinski definition) is 4. The standard InChI is InChI=1S/C22H21ClN6O/c1-15-18(16(2)29(27-15)12-17-7-3-4-8-19(17)23)11-25-26-22(30)13-28-14-24-20-9-5-6-10-21(20)28/h3-11,14H,12-13H2,1-2H3,(H,26,30)/b25-11-. The van der Waals surface area contributed by atoms with Crippen LogP contribution in [0.25, 0.3) is 11.0 Å². The number of rotatable bonds is 6. The third-order valence-corrected chi connectivity index (χ3v) is 5.31. The van der Waals surface area contributed by atoms with Crippen molar-refractivity contribution >= 4 is 34.8 Å². The first kappa shape index (κ1) is 19.8. The molecule has 0 aliphatic rings. The molecule has 30 heavy (non-hydrogen) atoms. The lowest BCUT2D eigenvalue weighted by molar-refractivity contribution is -0.121. The Labute approximate surface area is 179 Å². The number of para-hydroxylation sites is 2. The third kappa shape index (κ3) is 4.11. The number of aromatic nitrogens is 4. The van der Waals surface area contributed by atoms with E-state index < -0.39 is 0 Å². The maximum absolute atomic E-state index is 12.3. The molecular weight excluding hydrogens is 400 g/mol. The number of hydrazone groups is 1. The van der Waals surface area contributed by atoms with Crippen LogP contribution in [0.1, 0.15) is 22.5 Å². The predicted octanol–water partition coefficient (Wildman–Crippen LogP) is 3.70. The Hall–Kier alpha value is -3.45. The molecule has 0 radical (unpaired) electrons. The van der Waals surface area contributed by atoms with Crippen LogP contribution in [0.5, 0.6) is 0 Å². The van der Waals surface area contributed by atoms with E-state index in [1.54, 1.807) is 17.1 Å². The zero-order chi connectivity index (χ0) is 21.1. The molecule has 0 spiro atoms. The normalized spacial score (nSPS) is 11.4. The molecule has 8 heteroatoms. The Bertz CT molecular complexity index is 1240. The third-order valence-electron chi connectivity index (χ3n) is 4.94. The number of carbonyl (C=O) groups is 1. The van der Waals surface area contributed by atoms with E-state index in [2.05, 4.69) is 20.6 Å². The summed E-state index contributed by atoms with van der Waals surface area (Å²) < 4.78 is 3.68. The summed E-state index contributed by atoms with van der Waals surface area (Å²) in [6, 6.07) is 15.4. The summed E-state index contributed by atoms with van der Waals surface area (Å²) in [5.74, 6) is -0.229. The fourth-order valence-corrected chi connectivity index (χ4v) is 3.53. The minimum Gasteiger partial charge on any atom is -0.321 e. The van der Waals surface area contributed by atoms with Crippen molar-refractivity contribution in [3.63, 3.8) is 0 Å². The topological polar surface area (TPSA) is 77.1 Å². The largest absolute Gasteiger partial charge is 0.321 e. The number of halogens is 1. The second-order valence-electron chi connectivity index (χ2n) is 6.99. The van der Waals surface area contributed by atoms with E-state index in [-0.39, 0.29) is 12.5 Å². The number of nitrogens with one attached hydrogen (secondary N) is 1. The Morgan fingerprint density at radius 2 is 1.93 bits per heavy atom. The smallest absolute Gasteiger partial charge is 0.260 e. The number of amides is 1. The molecule has 152 valence electrons. The summed E-state index contributed by atoms with van der Waals surface area (Å²) in [4.78, 5) is 16.6. The second-order valence-corrected chi connectivity index (χ2v) is 7.40. The van der Waals surface area contributed by atoms with Crippen molar-refractivity contribution in [1.82, 2.24) is 24.8 Å². The molecule has 7 nitrogen and oxygen atoms in total. The number of imidazole rings is 1. The van der Waals surface area contributed by atoms with Gasteiger partial charge in [-0.25, -0.2) is 10.4 Å². The Morgan fingerprint density at radius 1 is 1.17 bits per heavy atom. The number of carbonyl (C=O) groups excluding carboxylic acids is 1. The monoisotopic (exact) mass is 420 g/mol. The number of benzene rings is 2. The fourth-order valence-electron chi connectivity index (χ4n) is 3.33. The van der Waals surface area contributed by atoms with Crippen molar-refractivity contribution in [2.75, 3.05) is 0 Å². The van der Waals surface area contributed by atoms with Gasteiger partial charge in [-0.05, 0) is 37.6 Å². The Kier molecular flexibility index (Phi) is 5.63. The Morgan fingerprint density at radius 3 is 2.77 bits per heavy atom. The molecule has 2 heterocycles. The molecule has 0 fully saturated rings. The van der Waals surface area contributed by atoms with Gasteiger partial charge < -0.3 is 4.57 Å². The molecule has 0 aliphatic carbocycles. The molecule has 1 amide bonds. The van der Waals surface area contributed by atoms with E-state index in [0.29, 0.717) is 11.6 Å². The molecule has 1 N–H and O–H groups in total. The SMILES string of the molecule is Cc1nn(Cc2ccccc2Cl)c(C)c1/C=N\NC(=O)Cn1cnc2ccccc21. The van der Waals surface area contributed by atoms with E-state index in [0.717, 1.165) is 33.5 Å². The summed E-state index contributed by atoms with van der Waals surface area (Å²) in [6.45, 7) is 4.59. The van der Waals surface area contributed by atoms with Gasteiger partial charge in [0.2, 0.25) is 0 Å². The highest BCUT2D eigenvalue weighted by Gasteiger charge is 2.12. The van der Waals surface area contributed by atoms with Gasteiger partial charge in [0.15, 0.2) is 0 Å². The average Bonchev–Trinajstić information content (AvgIpc) is 3.25. The zero-order valence-electron chi connectivity index (χ0n) is 16.7.